The first-order chi connectivity index (χ1) is 39.0. The molecule has 0 aliphatic carbocycles. The van der Waals surface area contributed by atoms with Gasteiger partial charge in [0.1, 0.15) is 19.8 Å². The van der Waals surface area contributed by atoms with E-state index in [9.17, 15) is 19.0 Å². The molecule has 0 aromatic carbocycles. The van der Waals surface area contributed by atoms with Gasteiger partial charge in [0.05, 0.1) is 27.7 Å². The number of phosphoric ester groups is 1. The van der Waals surface area contributed by atoms with E-state index in [0.29, 0.717) is 17.4 Å². The van der Waals surface area contributed by atoms with E-state index in [0.717, 1.165) is 70.6 Å². The highest BCUT2D eigenvalue weighted by atomic mass is 31.2. The zero-order valence-corrected chi connectivity index (χ0v) is 54.0. The van der Waals surface area contributed by atoms with Gasteiger partial charge in [-0.25, -0.2) is 4.57 Å². The standard InChI is InChI=1S/C70H128NO8P/c1-6-8-10-12-14-16-18-20-22-24-26-28-30-31-32-33-34-35-36-37-38-39-41-43-45-47-49-51-53-55-57-59-61-63-70(73)79-68(67-78-80(74,75)77-65-64-71(3,4)5)66-76-69(72)62-60-58-56-54-52-50-48-46-44-42-40-29-27-25-23-21-19-17-15-13-11-9-7-2/h18-21,24-27,30-31,40,42,68H,6-17,22-23,28-29,32-39,41,43-67H2,1-5H3/p+1/b20-18-,21-19-,26-24-,27-25-,31-30-,42-40-. The minimum Gasteiger partial charge on any atom is -0.462 e. The summed E-state index contributed by atoms with van der Waals surface area (Å²) in [6.45, 7) is 4.44. The van der Waals surface area contributed by atoms with Gasteiger partial charge in [0.15, 0.2) is 6.10 Å². The molecule has 0 aliphatic rings. The second-order valence-electron chi connectivity index (χ2n) is 23.9. The highest BCUT2D eigenvalue weighted by Gasteiger charge is 2.27. The molecule has 9 nitrogen and oxygen atoms in total. The fraction of sp³-hybridized carbons (Fsp3) is 0.800. The van der Waals surface area contributed by atoms with Gasteiger partial charge in [-0.15, -0.1) is 0 Å². The first-order valence-corrected chi connectivity index (χ1v) is 35.2. The molecule has 2 unspecified atom stereocenters. The summed E-state index contributed by atoms with van der Waals surface area (Å²) in [6, 6.07) is 0. The van der Waals surface area contributed by atoms with E-state index in [4.69, 9.17) is 18.5 Å². The summed E-state index contributed by atoms with van der Waals surface area (Å²) in [6.07, 6.45) is 81.4. The predicted octanol–water partition coefficient (Wildman–Crippen LogP) is 21.6. The normalized spacial score (nSPS) is 13.6. The topological polar surface area (TPSA) is 108 Å². The van der Waals surface area contributed by atoms with Crippen LogP contribution in [0.15, 0.2) is 72.9 Å². The quantitative estimate of drug-likeness (QED) is 0.0211. The highest BCUT2D eigenvalue weighted by Crippen LogP contribution is 2.43. The number of rotatable bonds is 62. The third-order valence-electron chi connectivity index (χ3n) is 14.7. The summed E-state index contributed by atoms with van der Waals surface area (Å²) in [5.74, 6) is -0.796. The Hall–Kier alpha value is -2.55. The van der Waals surface area contributed by atoms with Gasteiger partial charge < -0.3 is 18.9 Å². The number of nitrogens with zero attached hydrogens (tertiary/aromatic N) is 1. The number of allylic oxidation sites excluding steroid dienone is 12. The van der Waals surface area contributed by atoms with Crippen LogP contribution in [-0.4, -0.2) is 74.9 Å². The average molecular weight is 1140 g/mol. The molecule has 1 N–H and O–H groups in total. The van der Waals surface area contributed by atoms with Gasteiger partial charge >= 0.3 is 19.8 Å². The lowest BCUT2D eigenvalue weighted by Crippen LogP contribution is -2.37. The van der Waals surface area contributed by atoms with Crippen LogP contribution >= 0.6 is 7.82 Å². The number of hydrogen-bond donors (Lipinski definition) is 1. The van der Waals surface area contributed by atoms with Gasteiger partial charge in [0, 0.05) is 12.8 Å². The van der Waals surface area contributed by atoms with Gasteiger partial charge in [-0.3, -0.25) is 18.6 Å². The number of phosphoric acid groups is 1. The lowest BCUT2D eigenvalue weighted by Gasteiger charge is -2.24. The van der Waals surface area contributed by atoms with Crippen LogP contribution in [0.25, 0.3) is 0 Å². The molecule has 0 aromatic heterocycles. The smallest absolute Gasteiger partial charge is 0.462 e. The van der Waals surface area contributed by atoms with Gasteiger partial charge in [-0.1, -0.05) is 279 Å². The molecular weight excluding hydrogens is 1010 g/mol. The van der Waals surface area contributed by atoms with Crippen LogP contribution in [0.2, 0.25) is 0 Å². The number of hydrogen-bond acceptors (Lipinski definition) is 7. The Balaban J connectivity index is 4.06. The van der Waals surface area contributed by atoms with Crippen molar-refractivity contribution >= 4 is 19.8 Å². The SMILES string of the molecule is CCCCCCC/C=C\C/C=C\C/C=C\CCCCCCCCCCCCCCCCCCCCC(=O)OC(COC(=O)CCCCCCCCCC/C=C\C/C=C\C/C=C\CCCCCCC)COP(=O)(O)OCC[N+](C)(C)C. The predicted molar refractivity (Wildman–Crippen MR) is 344 cm³/mol. The molecule has 0 radical (unpaired) electrons. The maximum Gasteiger partial charge on any atom is 0.472 e. The molecule has 0 aliphatic heterocycles. The van der Waals surface area contributed by atoms with Crippen molar-refractivity contribution in [2.24, 2.45) is 0 Å². The van der Waals surface area contributed by atoms with Crippen molar-refractivity contribution in [3.05, 3.63) is 72.9 Å². The third kappa shape index (κ3) is 64.6. The van der Waals surface area contributed by atoms with Crippen LogP contribution < -0.4 is 0 Å². The number of unbranched alkanes of at least 4 members (excludes halogenated alkanes) is 36. The van der Waals surface area contributed by atoms with Crippen molar-refractivity contribution < 1.29 is 42.1 Å². The van der Waals surface area contributed by atoms with E-state index in [1.54, 1.807) is 0 Å². The molecule has 466 valence electrons. The Morgan fingerprint density at radius 2 is 0.675 bits per heavy atom. The Bertz CT molecular complexity index is 1580. The summed E-state index contributed by atoms with van der Waals surface area (Å²) in [5, 5.41) is 0. The summed E-state index contributed by atoms with van der Waals surface area (Å²) >= 11 is 0. The van der Waals surface area contributed by atoms with Crippen LogP contribution in [0.1, 0.15) is 309 Å². The lowest BCUT2D eigenvalue weighted by atomic mass is 10.0. The van der Waals surface area contributed by atoms with Crippen LogP contribution in [-0.2, 0) is 32.7 Å². The highest BCUT2D eigenvalue weighted by molar-refractivity contribution is 7.47. The van der Waals surface area contributed by atoms with Crippen molar-refractivity contribution in [2.45, 2.75) is 315 Å². The molecule has 0 saturated carbocycles. The molecule has 0 fully saturated rings. The van der Waals surface area contributed by atoms with E-state index < -0.39 is 26.5 Å². The van der Waals surface area contributed by atoms with E-state index >= 15 is 0 Å². The van der Waals surface area contributed by atoms with Gasteiger partial charge in [0.2, 0.25) is 0 Å². The zero-order chi connectivity index (χ0) is 58.4. The molecule has 0 spiro atoms. The van der Waals surface area contributed by atoms with Crippen LogP contribution in [0.4, 0.5) is 0 Å². The molecule has 80 heavy (non-hydrogen) atoms. The number of carbonyl (C=O) groups excluding carboxylic acids is 2. The second-order valence-corrected chi connectivity index (χ2v) is 25.3. The van der Waals surface area contributed by atoms with E-state index in [2.05, 4.69) is 86.8 Å². The summed E-state index contributed by atoms with van der Waals surface area (Å²) in [7, 11) is 1.48. The molecule has 0 amide bonds. The maximum atomic E-state index is 12.9. The van der Waals surface area contributed by atoms with Gasteiger partial charge in [0.25, 0.3) is 0 Å². The Kier molecular flexibility index (Phi) is 59.1. The van der Waals surface area contributed by atoms with Crippen molar-refractivity contribution in [1.82, 2.24) is 0 Å². The fourth-order valence-corrected chi connectivity index (χ4v) is 10.2. The number of carbonyl (C=O) groups is 2. The van der Waals surface area contributed by atoms with Gasteiger partial charge in [-0.05, 0) is 89.9 Å². The third-order valence-corrected chi connectivity index (χ3v) is 15.7. The molecule has 0 bridgehead atoms. The van der Waals surface area contributed by atoms with Crippen molar-refractivity contribution in [1.29, 1.82) is 0 Å². The van der Waals surface area contributed by atoms with Crippen molar-refractivity contribution in [3.8, 4) is 0 Å². The Labute approximate surface area is 495 Å². The number of quaternary nitrogens is 1. The minimum absolute atomic E-state index is 0.0292. The molecule has 10 heteroatoms. The summed E-state index contributed by atoms with van der Waals surface area (Å²) in [5.41, 5.74) is 0. The molecule has 0 heterocycles. The lowest BCUT2D eigenvalue weighted by molar-refractivity contribution is -0.870. The summed E-state index contributed by atoms with van der Waals surface area (Å²) < 4.78 is 34.7. The molecule has 0 rings (SSSR count). The Morgan fingerprint density at radius 3 is 1.00 bits per heavy atom. The van der Waals surface area contributed by atoms with Crippen molar-refractivity contribution in [3.63, 3.8) is 0 Å². The first kappa shape index (κ1) is 77.5. The van der Waals surface area contributed by atoms with Crippen LogP contribution in [0, 0.1) is 0 Å². The van der Waals surface area contributed by atoms with Crippen LogP contribution in [0.5, 0.6) is 0 Å². The van der Waals surface area contributed by atoms with E-state index in [-0.39, 0.29) is 32.0 Å². The van der Waals surface area contributed by atoms with Gasteiger partial charge in [-0.2, -0.15) is 0 Å². The average Bonchev–Trinajstić information content (AvgIpc) is 3.42. The Morgan fingerprint density at radius 1 is 0.388 bits per heavy atom. The monoisotopic (exact) mass is 1140 g/mol. The van der Waals surface area contributed by atoms with E-state index in [1.807, 2.05) is 21.1 Å². The fourth-order valence-electron chi connectivity index (χ4n) is 9.50. The summed E-state index contributed by atoms with van der Waals surface area (Å²) in [4.78, 5) is 35.8. The molecule has 0 aromatic rings. The zero-order valence-electron chi connectivity index (χ0n) is 53.1. The maximum absolute atomic E-state index is 12.9. The van der Waals surface area contributed by atoms with Crippen molar-refractivity contribution in [2.75, 3.05) is 47.5 Å². The number of ether oxygens (including phenoxy) is 2. The minimum atomic E-state index is -4.39. The number of likely N-dealkylation sites (N-methyl/N-ethyl adjacent to an activating group) is 1. The van der Waals surface area contributed by atoms with Crippen LogP contribution in [0.3, 0.4) is 0 Å². The van der Waals surface area contributed by atoms with E-state index in [1.165, 1.54) is 205 Å². The molecule has 0 saturated heterocycles. The molecule has 2 atom stereocenters. The molecular formula is C70H129NO8P+. The second kappa shape index (κ2) is 61.0. The largest absolute Gasteiger partial charge is 0.472 e. The number of esters is 2. The first-order valence-electron chi connectivity index (χ1n) is 33.7.